The van der Waals surface area contributed by atoms with E-state index in [9.17, 15) is 4.79 Å². The zero-order valence-corrected chi connectivity index (χ0v) is 17.2. The zero-order valence-electron chi connectivity index (χ0n) is 17.2. The van der Waals surface area contributed by atoms with Crippen molar-refractivity contribution in [3.8, 4) is 0 Å². The van der Waals surface area contributed by atoms with Crippen LogP contribution in [0.5, 0.6) is 0 Å². The van der Waals surface area contributed by atoms with Crippen LogP contribution in [-0.4, -0.2) is 40.9 Å². The Balaban J connectivity index is 1.61. The molecule has 3 rings (SSSR count). The number of amides is 1. The first-order valence-corrected chi connectivity index (χ1v) is 9.84. The van der Waals surface area contributed by atoms with Gasteiger partial charge in [0, 0.05) is 50.5 Å². The SMILES string of the molecule is CCN(CC)c1ccc(Nc2ncc(C(=O)N(C)Cc3ccccc3)cn2)cc1. The molecule has 0 saturated heterocycles. The molecule has 1 aromatic heterocycles. The molecular weight excluding hydrogens is 362 g/mol. The van der Waals surface area contributed by atoms with Gasteiger partial charge in [0.05, 0.1) is 5.56 Å². The van der Waals surface area contributed by atoms with E-state index in [-0.39, 0.29) is 5.91 Å². The first kappa shape index (κ1) is 20.3. The van der Waals surface area contributed by atoms with Crippen LogP contribution >= 0.6 is 0 Å². The Hall–Kier alpha value is -3.41. The molecule has 29 heavy (non-hydrogen) atoms. The van der Waals surface area contributed by atoms with Gasteiger partial charge >= 0.3 is 0 Å². The van der Waals surface area contributed by atoms with E-state index in [1.165, 1.54) is 5.69 Å². The third-order valence-corrected chi connectivity index (χ3v) is 4.76. The smallest absolute Gasteiger partial charge is 0.257 e. The van der Waals surface area contributed by atoms with Gasteiger partial charge in [-0.3, -0.25) is 4.79 Å². The quantitative estimate of drug-likeness (QED) is 0.621. The molecule has 0 saturated carbocycles. The van der Waals surface area contributed by atoms with Crippen molar-refractivity contribution in [3.63, 3.8) is 0 Å². The summed E-state index contributed by atoms with van der Waals surface area (Å²) in [5.41, 5.74) is 3.63. The largest absolute Gasteiger partial charge is 0.372 e. The molecule has 0 radical (unpaired) electrons. The standard InChI is InChI=1S/C23H27N5O/c1-4-28(5-2)21-13-11-20(12-14-21)26-23-24-15-19(16-25-23)22(29)27(3)17-18-9-7-6-8-10-18/h6-16H,4-5,17H2,1-3H3,(H,24,25,26). The highest BCUT2D eigenvalue weighted by Gasteiger charge is 2.13. The summed E-state index contributed by atoms with van der Waals surface area (Å²) >= 11 is 0. The molecule has 0 spiro atoms. The molecule has 0 aliphatic carbocycles. The fourth-order valence-corrected chi connectivity index (χ4v) is 3.13. The third kappa shape index (κ3) is 5.31. The van der Waals surface area contributed by atoms with Gasteiger partial charge in [-0.2, -0.15) is 0 Å². The Bertz CT molecular complexity index is 906. The fourth-order valence-electron chi connectivity index (χ4n) is 3.13. The van der Waals surface area contributed by atoms with E-state index in [2.05, 4.69) is 46.2 Å². The third-order valence-electron chi connectivity index (χ3n) is 4.76. The molecular formula is C23H27N5O. The molecule has 1 amide bonds. The molecule has 1 heterocycles. The Morgan fingerprint density at radius 2 is 1.55 bits per heavy atom. The minimum atomic E-state index is -0.107. The number of hydrogen-bond donors (Lipinski definition) is 1. The summed E-state index contributed by atoms with van der Waals surface area (Å²) < 4.78 is 0. The molecule has 0 aliphatic rings. The van der Waals surface area contributed by atoms with Gasteiger partial charge in [-0.1, -0.05) is 30.3 Å². The molecule has 6 heteroatoms. The van der Waals surface area contributed by atoms with Crippen molar-refractivity contribution in [2.45, 2.75) is 20.4 Å². The van der Waals surface area contributed by atoms with Crippen LogP contribution in [0.3, 0.4) is 0 Å². The van der Waals surface area contributed by atoms with Crippen molar-refractivity contribution in [2.24, 2.45) is 0 Å². The van der Waals surface area contributed by atoms with Crippen LogP contribution in [0, 0.1) is 0 Å². The van der Waals surface area contributed by atoms with E-state index < -0.39 is 0 Å². The summed E-state index contributed by atoms with van der Waals surface area (Å²) in [6.45, 7) is 6.77. The fraction of sp³-hybridized carbons (Fsp3) is 0.261. The molecule has 0 unspecified atom stereocenters. The molecule has 6 nitrogen and oxygen atoms in total. The Labute approximate surface area is 172 Å². The van der Waals surface area contributed by atoms with Gasteiger partial charge in [-0.05, 0) is 43.7 Å². The summed E-state index contributed by atoms with van der Waals surface area (Å²) in [6.07, 6.45) is 3.12. The van der Waals surface area contributed by atoms with Crippen molar-refractivity contribution >= 4 is 23.2 Å². The second-order valence-electron chi connectivity index (χ2n) is 6.79. The highest BCUT2D eigenvalue weighted by molar-refractivity contribution is 5.93. The van der Waals surface area contributed by atoms with Crippen molar-refractivity contribution in [3.05, 3.63) is 78.1 Å². The van der Waals surface area contributed by atoms with E-state index in [1.807, 2.05) is 42.5 Å². The molecule has 0 atom stereocenters. The summed E-state index contributed by atoms with van der Waals surface area (Å²) in [4.78, 5) is 25.1. The lowest BCUT2D eigenvalue weighted by Gasteiger charge is -2.21. The predicted octanol–water partition coefficient (Wildman–Crippen LogP) is 4.34. The molecule has 0 aliphatic heterocycles. The monoisotopic (exact) mass is 389 g/mol. The Kier molecular flexibility index (Phi) is 6.79. The Morgan fingerprint density at radius 3 is 2.14 bits per heavy atom. The van der Waals surface area contributed by atoms with Gasteiger partial charge in [0.2, 0.25) is 5.95 Å². The van der Waals surface area contributed by atoms with Gasteiger partial charge in [0.25, 0.3) is 5.91 Å². The van der Waals surface area contributed by atoms with Gasteiger partial charge < -0.3 is 15.1 Å². The van der Waals surface area contributed by atoms with Gasteiger partial charge in [0.1, 0.15) is 0 Å². The minimum absolute atomic E-state index is 0.107. The normalized spacial score (nSPS) is 10.4. The summed E-state index contributed by atoms with van der Waals surface area (Å²) in [5.74, 6) is 0.354. The van der Waals surface area contributed by atoms with E-state index in [0.29, 0.717) is 18.1 Å². The first-order valence-electron chi connectivity index (χ1n) is 9.84. The number of nitrogens with one attached hydrogen (secondary N) is 1. The second-order valence-corrected chi connectivity index (χ2v) is 6.79. The average Bonchev–Trinajstić information content (AvgIpc) is 2.76. The Morgan fingerprint density at radius 1 is 0.931 bits per heavy atom. The lowest BCUT2D eigenvalue weighted by atomic mass is 10.2. The molecule has 0 fully saturated rings. The number of benzene rings is 2. The van der Waals surface area contributed by atoms with Crippen molar-refractivity contribution < 1.29 is 4.79 Å². The maximum Gasteiger partial charge on any atom is 0.257 e. The second kappa shape index (κ2) is 9.68. The highest BCUT2D eigenvalue weighted by atomic mass is 16.2. The first-order chi connectivity index (χ1) is 14.1. The lowest BCUT2D eigenvalue weighted by Crippen LogP contribution is -2.26. The van der Waals surface area contributed by atoms with Crippen molar-refractivity contribution in [2.75, 3.05) is 30.4 Å². The van der Waals surface area contributed by atoms with Crippen LogP contribution in [-0.2, 0) is 6.54 Å². The highest BCUT2D eigenvalue weighted by Crippen LogP contribution is 2.19. The van der Waals surface area contributed by atoms with Crippen molar-refractivity contribution in [1.82, 2.24) is 14.9 Å². The number of carbonyl (C=O) groups is 1. The molecule has 150 valence electrons. The van der Waals surface area contributed by atoms with Crippen molar-refractivity contribution in [1.29, 1.82) is 0 Å². The van der Waals surface area contributed by atoms with Crippen LogP contribution in [0.1, 0.15) is 29.8 Å². The number of hydrogen-bond acceptors (Lipinski definition) is 5. The van der Waals surface area contributed by atoms with Gasteiger partial charge in [0.15, 0.2) is 0 Å². The topological polar surface area (TPSA) is 61.4 Å². The number of aromatic nitrogens is 2. The maximum absolute atomic E-state index is 12.6. The average molecular weight is 390 g/mol. The number of rotatable bonds is 8. The van der Waals surface area contributed by atoms with E-state index in [0.717, 1.165) is 24.3 Å². The van der Waals surface area contributed by atoms with Gasteiger partial charge in [-0.15, -0.1) is 0 Å². The molecule has 2 aromatic carbocycles. The van der Waals surface area contributed by atoms with E-state index >= 15 is 0 Å². The van der Waals surface area contributed by atoms with Crippen LogP contribution in [0.2, 0.25) is 0 Å². The van der Waals surface area contributed by atoms with E-state index in [4.69, 9.17) is 0 Å². The van der Waals surface area contributed by atoms with Crippen LogP contribution in [0.4, 0.5) is 17.3 Å². The molecule has 3 aromatic rings. The molecule has 0 bridgehead atoms. The van der Waals surface area contributed by atoms with Crippen LogP contribution < -0.4 is 10.2 Å². The lowest BCUT2D eigenvalue weighted by molar-refractivity contribution is 0.0784. The number of anilines is 3. The number of carbonyl (C=O) groups excluding carboxylic acids is 1. The van der Waals surface area contributed by atoms with Crippen LogP contribution in [0.15, 0.2) is 67.0 Å². The molecule has 1 N–H and O–H groups in total. The van der Waals surface area contributed by atoms with Crippen LogP contribution in [0.25, 0.3) is 0 Å². The maximum atomic E-state index is 12.6. The van der Waals surface area contributed by atoms with E-state index in [1.54, 1.807) is 24.3 Å². The number of nitrogens with zero attached hydrogens (tertiary/aromatic N) is 4. The summed E-state index contributed by atoms with van der Waals surface area (Å²) in [7, 11) is 1.78. The zero-order chi connectivity index (χ0) is 20.6. The predicted molar refractivity (Wildman–Crippen MR) is 118 cm³/mol. The van der Waals surface area contributed by atoms with Gasteiger partial charge in [-0.25, -0.2) is 9.97 Å². The minimum Gasteiger partial charge on any atom is -0.372 e. The summed E-state index contributed by atoms with van der Waals surface area (Å²) in [6, 6.07) is 18.0. The summed E-state index contributed by atoms with van der Waals surface area (Å²) in [5, 5.41) is 3.18.